The molecule has 3 unspecified atom stereocenters. The van der Waals surface area contributed by atoms with Crippen molar-refractivity contribution < 1.29 is 28.4 Å². The molecule has 0 aromatic carbocycles. The number of primary amides is 1. The van der Waals surface area contributed by atoms with Crippen LogP contribution in [0.25, 0.3) is 0 Å². The Hall–Kier alpha value is -2.92. The zero-order chi connectivity index (χ0) is 21.6. The molecule has 0 bridgehead atoms. The first-order chi connectivity index (χ1) is 13.8. The van der Waals surface area contributed by atoms with E-state index in [-0.39, 0.29) is 32.2 Å². The number of nitrogens with one attached hydrogen (secondary N) is 2. The number of halogens is 1. The molecule has 12 heteroatoms. The van der Waals surface area contributed by atoms with Crippen LogP contribution in [0.2, 0.25) is 0 Å². The molecule has 2 saturated heterocycles. The minimum atomic E-state index is -1.12. The number of fused-ring (bicyclic) bond motifs is 1. The maximum absolute atomic E-state index is 13.2. The van der Waals surface area contributed by atoms with Crippen molar-refractivity contribution in [2.45, 2.75) is 37.4 Å². The van der Waals surface area contributed by atoms with Crippen molar-refractivity contribution in [3.8, 4) is 0 Å². The Labute approximate surface area is 167 Å². The van der Waals surface area contributed by atoms with Crippen molar-refractivity contribution in [1.29, 1.82) is 0 Å². The maximum atomic E-state index is 13.2. The molecule has 0 aliphatic carbocycles. The Morgan fingerprint density at radius 1 is 1.31 bits per heavy atom. The number of carbonyl (C=O) groups is 5. The third kappa shape index (κ3) is 5.55. The summed E-state index contributed by atoms with van der Waals surface area (Å²) in [5.41, 5.74) is 5.44. The summed E-state index contributed by atoms with van der Waals surface area (Å²) in [6.07, 6.45) is 1.87. The third-order valence-corrected chi connectivity index (χ3v) is 5.08. The largest absolute Gasteiger partial charge is 0.368 e. The normalized spacial score (nSPS) is 24.2. The van der Waals surface area contributed by atoms with E-state index in [1.807, 2.05) is 0 Å². The van der Waals surface area contributed by atoms with Gasteiger partial charge in [0.25, 0.3) is 0 Å². The number of nitrogens with two attached hydrogens (primary N) is 1. The molecule has 2 fully saturated rings. The summed E-state index contributed by atoms with van der Waals surface area (Å²) in [4.78, 5) is 64.1. The van der Waals surface area contributed by atoms with E-state index in [9.17, 15) is 28.4 Å². The van der Waals surface area contributed by atoms with Crippen LogP contribution in [0.4, 0.5) is 9.18 Å². The highest BCUT2D eigenvalue weighted by molar-refractivity contribution is 5.93. The van der Waals surface area contributed by atoms with Gasteiger partial charge in [-0.05, 0) is 19.3 Å². The summed E-state index contributed by atoms with van der Waals surface area (Å²) < 4.78 is 12.4. The second-order valence-electron chi connectivity index (χ2n) is 7.19. The van der Waals surface area contributed by atoms with Crippen molar-refractivity contribution in [3.05, 3.63) is 0 Å². The molecule has 2 heterocycles. The molecule has 2 rings (SSSR count). The Morgan fingerprint density at radius 2 is 2.03 bits per heavy atom. The SMILES string of the molecule is CN(C=O)CC(=O)NC1CN(C(=O)NCCF)CCC2CCC(C(N)=O)N2C1=O. The molecular weight excluding hydrogens is 387 g/mol. The first-order valence-corrected chi connectivity index (χ1v) is 9.43. The molecule has 0 spiro atoms. The summed E-state index contributed by atoms with van der Waals surface area (Å²) >= 11 is 0. The second kappa shape index (κ2) is 10.0. The minimum Gasteiger partial charge on any atom is -0.368 e. The monoisotopic (exact) mass is 414 g/mol. The van der Waals surface area contributed by atoms with E-state index in [0.29, 0.717) is 25.7 Å². The van der Waals surface area contributed by atoms with Gasteiger partial charge in [-0.2, -0.15) is 0 Å². The van der Waals surface area contributed by atoms with Gasteiger partial charge in [0.05, 0.1) is 13.1 Å². The number of hydrogen-bond acceptors (Lipinski definition) is 5. The number of amides is 6. The fraction of sp³-hybridized carbons (Fsp3) is 0.706. The summed E-state index contributed by atoms with van der Waals surface area (Å²) in [5.74, 6) is -1.72. The zero-order valence-corrected chi connectivity index (χ0v) is 16.3. The van der Waals surface area contributed by atoms with Crippen LogP contribution >= 0.6 is 0 Å². The van der Waals surface area contributed by atoms with Gasteiger partial charge in [-0.1, -0.05) is 0 Å². The van der Waals surface area contributed by atoms with E-state index in [1.165, 1.54) is 16.8 Å². The zero-order valence-electron chi connectivity index (χ0n) is 16.3. The van der Waals surface area contributed by atoms with Crippen molar-refractivity contribution in [1.82, 2.24) is 25.3 Å². The molecule has 11 nitrogen and oxygen atoms in total. The number of urea groups is 1. The highest BCUT2D eigenvalue weighted by Crippen LogP contribution is 2.29. The lowest BCUT2D eigenvalue weighted by molar-refractivity contribution is -0.144. The molecule has 2 aliphatic heterocycles. The minimum absolute atomic E-state index is 0.151. The average molecular weight is 414 g/mol. The van der Waals surface area contributed by atoms with Gasteiger partial charge < -0.3 is 31.1 Å². The first kappa shape index (κ1) is 22.4. The van der Waals surface area contributed by atoms with Gasteiger partial charge in [0.1, 0.15) is 18.8 Å². The first-order valence-electron chi connectivity index (χ1n) is 9.43. The van der Waals surface area contributed by atoms with Crippen LogP contribution < -0.4 is 16.4 Å². The van der Waals surface area contributed by atoms with Crippen LogP contribution in [-0.2, 0) is 19.2 Å². The van der Waals surface area contributed by atoms with Gasteiger partial charge in [0.2, 0.25) is 24.1 Å². The number of alkyl halides is 1. The molecule has 0 aromatic heterocycles. The Bertz CT molecular complexity index is 662. The maximum Gasteiger partial charge on any atom is 0.317 e. The fourth-order valence-electron chi connectivity index (χ4n) is 3.72. The van der Waals surface area contributed by atoms with Gasteiger partial charge in [0.15, 0.2) is 0 Å². The van der Waals surface area contributed by atoms with Crippen molar-refractivity contribution in [2.75, 3.05) is 39.9 Å². The molecule has 2 aliphatic rings. The van der Waals surface area contributed by atoms with Gasteiger partial charge >= 0.3 is 6.03 Å². The lowest BCUT2D eigenvalue weighted by Gasteiger charge is -2.38. The van der Waals surface area contributed by atoms with E-state index in [2.05, 4.69) is 10.6 Å². The van der Waals surface area contributed by atoms with Gasteiger partial charge in [-0.15, -0.1) is 0 Å². The lowest BCUT2D eigenvalue weighted by Crippen LogP contribution is -2.62. The fourth-order valence-corrected chi connectivity index (χ4v) is 3.72. The van der Waals surface area contributed by atoms with Crippen LogP contribution in [0.5, 0.6) is 0 Å². The van der Waals surface area contributed by atoms with Crippen molar-refractivity contribution >= 4 is 30.2 Å². The Kier molecular flexibility index (Phi) is 7.74. The quantitative estimate of drug-likeness (QED) is 0.405. The molecule has 4 N–H and O–H groups in total. The predicted molar refractivity (Wildman–Crippen MR) is 99.0 cm³/mol. The number of nitrogens with zero attached hydrogens (tertiary/aromatic N) is 3. The number of hydrogen-bond donors (Lipinski definition) is 3. The molecule has 0 saturated carbocycles. The highest BCUT2D eigenvalue weighted by atomic mass is 19.1. The summed E-state index contributed by atoms with van der Waals surface area (Å²) in [7, 11) is 1.41. The molecule has 3 atom stereocenters. The smallest absolute Gasteiger partial charge is 0.317 e. The summed E-state index contributed by atoms with van der Waals surface area (Å²) in [5, 5.41) is 4.95. The second-order valence-corrected chi connectivity index (χ2v) is 7.19. The van der Waals surface area contributed by atoms with Crippen LogP contribution in [0.3, 0.4) is 0 Å². The van der Waals surface area contributed by atoms with Crippen LogP contribution in [-0.4, -0.2) is 103 Å². The van der Waals surface area contributed by atoms with Crippen molar-refractivity contribution in [3.63, 3.8) is 0 Å². The average Bonchev–Trinajstić information content (AvgIpc) is 3.10. The Morgan fingerprint density at radius 3 is 2.66 bits per heavy atom. The van der Waals surface area contributed by atoms with E-state index >= 15 is 0 Å². The van der Waals surface area contributed by atoms with Crippen molar-refractivity contribution in [2.24, 2.45) is 5.73 Å². The van der Waals surface area contributed by atoms with E-state index in [1.54, 1.807) is 0 Å². The number of likely N-dealkylation sites (N-methyl/N-ethyl adjacent to an activating group) is 1. The highest BCUT2D eigenvalue weighted by Gasteiger charge is 2.44. The van der Waals surface area contributed by atoms with Crippen LogP contribution in [0.1, 0.15) is 19.3 Å². The van der Waals surface area contributed by atoms with Gasteiger partial charge in [-0.3, -0.25) is 19.2 Å². The summed E-state index contributed by atoms with van der Waals surface area (Å²) in [6.45, 7) is -1.05. The molecular formula is C17H27FN6O5. The molecule has 162 valence electrons. The lowest BCUT2D eigenvalue weighted by atomic mass is 10.1. The third-order valence-electron chi connectivity index (χ3n) is 5.08. The van der Waals surface area contributed by atoms with E-state index in [4.69, 9.17) is 5.73 Å². The molecule has 0 radical (unpaired) electrons. The number of carbonyl (C=O) groups excluding carboxylic acids is 5. The standard InChI is InChI=1S/C17H27FN6O5/c1-22(10-25)9-14(26)21-12-8-23(17(29)20-6-5-18)7-4-11-2-3-13(15(19)27)24(11)16(12)28/h10-13H,2-9H2,1H3,(H2,19,27)(H,20,29)(H,21,26). The topological polar surface area (TPSA) is 145 Å². The number of rotatable bonds is 7. The molecule has 0 aromatic rings. The van der Waals surface area contributed by atoms with E-state index < -0.39 is 42.5 Å². The van der Waals surface area contributed by atoms with Gasteiger partial charge in [-0.25, -0.2) is 9.18 Å². The predicted octanol–water partition coefficient (Wildman–Crippen LogP) is -2.21. The molecule has 29 heavy (non-hydrogen) atoms. The molecule has 6 amide bonds. The summed E-state index contributed by atoms with van der Waals surface area (Å²) in [6, 6.07) is -2.73. The van der Waals surface area contributed by atoms with E-state index in [0.717, 1.165) is 4.90 Å². The van der Waals surface area contributed by atoms with Gasteiger partial charge in [0, 0.05) is 26.2 Å². The van der Waals surface area contributed by atoms with Crippen LogP contribution in [0.15, 0.2) is 0 Å². The Balaban J connectivity index is 2.23. The van der Waals surface area contributed by atoms with Crippen LogP contribution in [0, 0.1) is 0 Å².